The van der Waals surface area contributed by atoms with E-state index in [0.29, 0.717) is 41.5 Å². The van der Waals surface area contributed by atoms with Crippen molar-refractivity contribution >= 4 is 71.5 Å². The van der Waals surface area contributed by atoms with E-state index in [2.05, 4.69) is 27.2 Å². The van der Waals surface area contributed by atoms with Crippen molar-refractivity contribution in [3.05, 3.63) is 61.3 Å². The number of oxazole rings is 1. The molecule has 1 amide bonds. The SMILES string of the molecule is CC1CCCI(c2nc(C(F)(F)F)c(C(=O)Nc3ccc(N4CCCN(C(N)=Nc5c(F)cccc5I)CC4)nc3)o2)C1. The molecule has 3 aromatic rings. The van der Waals surface area contributed by atoms with Crippen LogP contribution in [0.15, 0.2) is 45.9 Å². The second kappa shape index (κ2) is 13.5. The van der Waals surface area contributed by atoms with Gasteiger partial charge in [0.2, 0.25) is 0 Å². The molecule has 15 heteroatoms. The zero-order valence-corrected chi connectivity index (χ0v) is 27.6. The van der Waals surface area contributed by atoms with E-state index in [4.69, 9.17) is 10.2 Å². The van der Waals surface area contributed by atoms with Gasteiger partial charge in [-0.3, -0.25) is 0 Å². The minimum atomic E-state index is -4.81. The molecule has 4 heterocycles. The molecule has 2 aromatic heterocycles. The quantitative estimate of drug-likeness (QED) is 0.102. The summed E-state index contributed by atoms with van der Waals surface area (Å²) in [6, 6.07) is 7.99. The summed E-state index contributed by atoms with van der Waals surface area (Å²) in [7, 11) is 0. The predicted octanol–water partition coefficient (Wildman–Crippen LogP) is 6.35. The third kappa shape index (κ3) is 7.69. The summed E-state index contributed by atoms with van der Waals surface area (Å²) >= 11 is -0.00446. The zero-order chi connectivity index (χ0) is 30.7. The van der Waals surface area contributed by atoms with Gasteiger partial charge in [-0.05, 0) is 34.7 Å². The fourth-order valence-corrected chi connectivity index (χ4v) is 11.5. The number of carbonyl (C=O) groups excluding carboxylic acids is 1. The van der Waals surface area contributed by atoms with Gasteiger partial charge in [0.25, 0.3) is 0 Å². The fourth-order valence-electron chi connectivity index (χ4n) is 4.95. The topological polar surface area (TPSA) is 113 Å². The van der Waals surface area contributed by atoms with Crippen LogP contribution in [0.2, 0.25) is 0 Å². The first-order valence-electron chi connectivity index (χ1n) is 13.7. The maximum absolute atomic E-state index is 14.2. The van der Waals surface area contributed by atoms with Crippen LogP contribution in [0.4, 0.5) is 34.8 Å². The number of aliphatic imine (C=N–C) groups is 1. The Morgan fingerprint density at radius 2 is 2.00 bits per heavy atom. The van der Waals surface area contributed by atoms with E-state index in [1.807, 2.05) is 32.4 Å². The summed E-state index contributed by atoms with van der Waals surface area (Å²) in [5, 5.41) is 2.48. The van der Waals surface area contributed by atoms with Crippen LogP contribution in [0.25, 0.3) is 0 Å². The van der Waals surface area contributed by atoms with Crippen LogP contribution in [0.3, 0.4) is 0 Å². The molecule has 43 heavy (non-hydrogen) atoms. The summed E-state index contributed by atoms with van der Waals surface area (Å²) in [6.45, 7) is 4.46. The molecule has 1 atom stereocenters. The number of hydrogen-bond acceptors (Lipinski definition) is 6. The Labute approximate surface area is 267 Å². The van der Waals surface area contributed by atoms with Crippen LogP contribution in [-0.4, -0.2) is 61.8 Å². The monoisotopic (exact) mass is 827 g/mol. The van der Waals surface area contributed by atoms with Crippen molar-refractivity contribution in [3.63, 3.8) is 0 Å². The van der Waals surface area contributed by atoms with E-state index < -0.39 is 49.2 Å². The van der Waals surface area contributed by atoms with Crippen LogP contribution < -0.4 is 16.0 Å². The average molecular weight is 827 g/mol. The number of aromatic nitrogens is 2. The number of hydrogen-bond donors (Lipinski definition) is 2. The number of para-hydroxylation sites is 1. The van der Waals surface area contributed by atoms with Crippen molar-refractivity contribution in [2.24, 2.45) is 16.6 Å². The van der Waals surface area contributed by atoms with Gasteiger partial charge in [0.1, 0.15) is 11.5 Å². The first-order valence-corrected chi connectivity index (χ1v) is 19.0. The molecule has 9 nitrogen and oxygen atoms in total. The number of alkyl halides is 5. The van der Waals surface area contributed by atoms with E-state index in [1.54, 1.807) is 24.3 Å². The molecule has 5 rings (SSSR count). The van der Waals surface area contributed by atoms with Crippen molar-refractivity contribution < 1.29 is 26.8 Å². The standard InChI is InChI=1S/C28H31F4I2N7O2/c1-17-5-3-10-34(15-17)26-39-24(28(30,31)32)23(43-26)25(42)37-18-8-9-21(36-16-18)40-11-4-12-41(14-13-40)27(35)38-22-19(29)6-2-7-20(22)33/h2,6-9,16-17H,3-5,10-15H2,1H3,(H2,35,38)(H,37,42). The van der Waals surface area contributed by atoms with Crippen LogP contribution in [0, 0.1) is 19.2 Å². The molecular weight excluding hydrogens is 796 g/mol. The Morgan fingerprint density at radius 3 is 2.70 bits per heavy atom. The summed E-state index contributed by atoms with van der Waals surface area (Å²) in [5.41, 5.74) is 5.39. The first kappa shape index (κ1) is 31.7. The van der Waals surface area contributed by atoms with Gasteiger partial charge in [-0.15, -0.1) is 0 Å². The maximum atomic E-state index is 14.2. The number of carbonyl (C=O) groups is 1. The van der Waals surface area contributed by atoms with Gasteiger partial charge >= 0.3 is 180 Å². The van der Waals surface area contributed by atoms with Crippen LogP contribution in [-0.2, 0) is 6.18 Å². The Balaban J connectivity index is 1.24. The van der Waals surface area contributed by atoms with Gasteiger partial charge in [0, 0.05) is 10.1 Å². The number of nitrogens with zero attached hydrogens (tertiary/aromatic N) is 5. The molecule has 1 aromatic carbocycles. The number of rotatable bonds is 5. The Morgan fingerprint density at radius 1 is 1.19 bits per heavy atom. The van der Waals surface area contributed by atoms with Gasteiger partial charge in [-0.1, -0.05) is 6.07 Å². The molecule has 0 spiro atoms. The molecule has 0 radical (unpaired) electrons. The van der Waals surface area contributed by atoms with Crippen molar-refractivity contribution in [3.8, 4) is 0 Å². The molecule has 1 unspecified atom stereocenters. The number of guanidine groups is 1. The van der Waals surface area contributed by atoms with Crippen LogP contribution in [0.1, 0.15) is 42.4 Å². The number of pyridine rings is 1. The molecule has 2 aliphatic rings. The summed E-state index contributed by atoms with van der Waals surface area (Å²) < 4.78 is 63.5. The molecule has 2 aliphatic heterocycles. The Hall–Kier alpha value is -2.70. The minimum absolute atomic E-state index is 0.117. The number of amides is 1. The summed E-state index contributed by atoms with van der Waals surface area (Å²) in [6.07, 6.45) is -0.684. The van der Waals surface area contributed by atoms with Gasteiger partial charge in [-0.2, -0.15) is 0 Å². The van der Waals surface area contributed by atoms with Gasteiger partial charge in [-0.25, -0.2) is 9.38 Å². The van der Waals surface area contributed by atoms with Crippen molar-refractivity contribution in [2.75, 3.05) is 45.3 Å². The first-order chi connectivity index (χ1) is 20.5. The normalized spacial score (nSPS) is 19.3. The number of anilines is 2. The zero-order valence-electron chi connectivity index (χ0n) is 23.3. The molecule has 2 fully saturated rings. The summed E-state index contributed by atoms with van der Waals surface area (Å²) in [5.74, 6) is -0.976. The van der Waals surface area contributed by atoms with E-state index in [1.165, 1.54) is 12.3 Å². The van der Waals surface area contributed by atoms with Gasteiger partial charge in [0.05, 0.1) is 0 Å². The van der Waals surface area contributed by atoms with E-state index in [0.717, 1.165) is 28.1 Å². The van der Waals surface area contributed by atoms with E-state index in [9.17, 15) is 22.4 Å². The second-order valence-electron chi connectivity index (χ2n) is 10.4. The average Bonchev–Trinajstić information content (AvgIpc) is 3.29. The Kier molecular flexibility index (Phi) is 9.97. The molecule has 0 bridgehead atoms. The van der Waals surface area contributed by atoms with Gasteiger partial charge in [0.15, 0.2) is 5.96 Å². The number of benzene rings is 1. The van der Waals surface area contributed by atoms with Crippen molar-refractivity contribution in [2.45, 2.75) is 32.4 Å². The van der Waals surface area contributed by atoms with Crippen LogP contribution >= 0.6 is 42.4 Å². The third-order valence-electron chi connectivity index (χ3n) is 7.13. The Bertz CT molecular complexity index is 1460. The predicted molar refractivity (Wildman–Crippen MR) is 173 cm³/mol. The number of halogens is 6. The molecule has 3 N–H and O–H groups in total. The molecule has 0 aliphatic carbocycles. The molecule has 0 saturated carbocycles. The van der Waals surface area contributed by atoms with Crippen molar-refractivity contribution in [1.29, 1.82) is 0 Å². The number of nitrogens with one attached hydrogen (secondary N) is 1. The third-order valence-corrected chi connectivity index (χ3v) is 14.4. The van der Waals surface area contributed by atoms with Crippen molar-refractivity contribution in [1.82, 2.24) is 14.9 Å². The van der Waals surface area contributed by atoms with E-state index in [-0.39, 0.29) is 21.2 Å². The van der Waals surface area contributed by atoms with Crippen LogP contribution in [0.5, 0.6) is 0 Å². The molecule has 2 saturated heterocycles. The molecule has 232 valence electrons. The fraction of sp³-hybridized carbons (Fsp3) is 0.429. The van der Waals surface area contributed by atoms with E-state index >= 15 is 0 Å². The molecular formula is C28H31F4I2N7O2. The van der Waals surface area contributed by atoms with Gasteiger partial charge < -0.3 is 10.6 Å². The second-order valence-corrected chi connectivity index (χ2v) is 17.1. The number of nitrogens with two attached hydrogens (primary N) is 1. The summed E-state index contributed by atoms with van der Waals surface area (Å²) in [4.78, 5) is 29.4.